The van der Waals surface area contributed by atoms with Crippen molar-refractivity contribution in [2.24, 2.45) is 0 Å². The van der Waals surface area contributed by atoms with Gasteiger partial charge in [0, 0.05) is 30.6 Å². The fourth-order valence-electron chi connectivity index (χ4n) is 2.95. The minimum Gasteiger partial charge on any atom is -0.465 e. The summed E-state index contributed by atoms with van der Waals surface area (Å²) in [6.45, 7) is 3.24. The van der Waals surface area contributed by atoms with Crippen LogP contribution in [-0.2, 0) is 0 Å². The highest BCUT2D eigenvalue weighted by Crippen LogP contribution is 2.35. The summed E-state index contributed by atoms with van der Waals surface area (Å²) in [5.74, 6) is 0.254. The second kappa shape index (κ2) is 5.23. The maximum atomic E-state index is 11.2. The third-order valence-electron chi connectivity index (χ3n) is 3.88. The van der Waals surface area contributed by atoms with E-state index in [9.17, 15) is 9.90 Å². The van der Waals surface area contributed by atoms with Gasteiger partial charge in [-0.05, 0) is 59.5 Å². The summed E-state index contributed by atoms with van der Waals surface area (Å²) >= 11 is 2.29. The standard InChI is InChI=1S/C14H16IN3O2/c1-8-5-10-11(12(15)17-13(10)16-6-8)9-3-2-4-18(7-9)14(19)20/h5-6,9H,2-4,7H2,1H3,(H,16,17)(H,19,20). The number of pyridine rings is 1. The molecule has 1 atom stereocenters. The maximum absolute atomic E-state index is 11.2. The van der Waals surface area contributed by atoms with Gasteiger partial charge in [-0.25, -0.2) is 9.78 Å². The van der Waals surface area contributed by atoms with E-state index in [0.29, 0.717) is 13.1 Å². The summed E-state index contributed by atoms with van der Waals surface area (Å²) in [4.78, 5) is 20.4. The molecule has 3 heterocycles. The van der Waals surface area contributed by atoms with Crippen LogP contribution in [-0.4, -0.2) is 39.2 Å². The number of likely N-dealkylation sites (tertiary alicyclic amines) is 1. The molecule has 2 N–H and O–H groups in total. The minimum atomic E-state index is -0.821. The number of aromatic amines is 1. The number of H-pyrrole nitrogens is 1. The van der Waals surface area contributed by atoms with Crippen LogP contribution in [0, 0.1) is 10.6 Å². The first-order valence-electron chi connectivity index (χ1n) is 6.68. The van der Waals surface area contributed by atoms with Crippen LogP contribution in [0.1, 0.15) is 29.9 Å². The van der Waals surface area contributed by atoms with Gasteiger partial charge in [0.25, 0.3) is 0 Å². The number of hydrogen-bond donors (Lipinski definition) is 2. The van der Waals surface area contributed by atoms with Crippen molar-refractivity contribution in [2.75, 3.05) is 13.1 Å². The molecule has 0 bridgehead atoms. The first kappa shape index (κ1) is 13.7. The van der Waals surface area contributed by atoms with E-state index in [2.05, 4.69) is 38.6 Å². The van der Waals surface area contributed by atoms with Gasteiger partial charge in [-0.15, -0.1) is 0 Å². The fourth-order valence-corrected chi connectivity index (χ4v) is 3.94. The number of aryl methyl sites for hydroxylation is 1. The van der Waals surface area contributed by atoms with Crippen molar-refractivity contribution in [3.8, 4) is 0 Å². The Hall–Kier alpha value is -1.31. The molecule has 2 aromatic rings. The highest BCUT2D eigenvalue weighted by Gasteiger charge is 2.28. The number of rotatable bonds is 1. The van der Waals surface area contributed by atoms with Crippen molar-refractivity contribution >= 4 is 39.7 Å². The zero-order valence-corrected chi connectivity index (χ0v) is 13.3. The number of aromatic nitrogens is 2. The van der Waals surface area contributed by atoms with Gasteiger partial charge in [0.2, 0.25) is 0 Å². The van der Waals surface area contributed by atoms with Crippen LogP contribution in [0.2, 0.25) is 0 Å². The molecule has 0 saturated carbocycles. The van der Waals surface area contributed by atoms with Crippen LogP contribution in [0.3, 0.4) is 0 Å². The SMILES string of the molecule is Cc1cnc2[nH]c(I)c(C3CCCN(C(=O)O)C3)c2c1. The molecule has 1 amide bonds. The Kier molecular flexibility index (Phi) is 3.57. The van der Waals surface area contributed by atoms with Gasteiger partial charge in [0.1, 0.15) is 5.65 Å². The number of nitrogens with one attached hydrogen (secondary N) is 1. The average molecular weight is 385 g/mol. The van der Waals surface area contributed by atoms with E-state index in [0.717, 1.165) is 33.1 Å². The molecule has 0 spiro atoms. The lowest BCUT2D eigenvalue weighted by Gasteiger charge is -2.30. The molecule has 0 aliphatic carbocycles. The third kappa shape index (κ3) is 2.36. The Morgan fingerprint density at radius 1 is 1.60 bits per heavy atom. The molecule has 1 aliphatic rings. The summed E-state index contributed by atoms with van der Waals surface area (Å²) in [6.07, 6.45) is 2.97. The highest BCUT2D eigenvalue weighted by atomic mass is 127. The molecule has 1 saturated heterocycles. The second-order valence-corrected chi connectivity index (χ2v) is 6.41. The second-order valence-electron chi connectivity index (χ2n) is 5.33. The van der Waals surface area contributed by atoms with Gasteiger partial charge in [-0.2, -0.15) is 0 Å². The van der Waals surface area contributed by atoms with Crippen LogP contribution in [0.15, 0.2) is 12.3 Å². The predicted molar refractivity (Wildman–Crippen MR) is 85.1 cm³/mol. The van der Waals surface area contributed by atoms with E-state index in [4.69, 9.17) is 0 Å². The Labute approximate surface area is 130 Å². The van der Waals surface area contributed by atoms with E-state index >= 15 is 0 Å². The quantitative estimate of drug-likeness (QED) is 0.740. The van der Waals surface area contributed by atoms with E-state index in [-0.39, 0.29) is 5.92 Å². The number of halogens is 1. The summed E-state index contributed by atoms with van der Waals surface area (Å²) < 4.78 is 1.08. The lowest BCUT2D eigenvalue weighted by molar-refractivity contribution is 0.130. The van der Waals surface area contributed by atoms with Crippen molar-refractivity contribution in [1.29, 1.82) is 0 Å². The molecule has 2 aromatic heterocycles. The monoisotopic (exact) mass is 385 g/mol. The van der Waals surface area contributed by atoms with Gasteiger partial charge in [0.15, 0.2) is 0 Å². The molecule has 1 unspecified atom stereocenters. The van der Waals surface area contributed by atoms with Gasteiger partial charge in [0.05, 0.1) is 3.70 Å². The molecule has 5 nitrogen and oxygen atoms in total. The zero-order valence-electron chi connectivity index (χ0n) is 11.2. The van der Waals surface area contributed by atoms with E-state index in [1.807, 2.05) is 13.1 Å². The lowest BCUT2D eigenvalue weighted by atomic mass is 9.90. The number of amides is 1. The normalized spacial score (nSPS) is 19.5. The van der Waals surface area contributed by atoms with Crippen LogP contribution in [0.5, 0.6) is 0 Å². The van der Waals surface area contributed by atoms with Crippen molar-refractivity contribution in [1.82, 2.24) is 14.9 Å². The molecule has 0 aromatic carbocycles. The first-order valence-corrected chi connectivity index (χ1v) is 7.75. The molecule has 6 heteroatoms. The van der Waals surface area contributed by atoms with Gasteiger partial charge < -0.3 is 15.0 Å². The van der Waals surface area contributed by atoms with Crippen LogP contribution in [0.4, 0.5) is 4.79 Å². The molecular weight excluding hydrogens is 369 g/mol. The van der Waals surface area contributed by atoms with Crippen molar-refractivity contribution < 1.29 is 9.90 Å². The average Bonchev–Trinajstić information content (AvgIpc) is 2.74. The molecular formula is C14H16IN3O2. The third-order valence-corrected chi connectivity index (χ3v) is 4.73. The molecule has 20 heavy (non-hydrogen) atoms. The van der Waals surface area contributed by atoms with Crippen molar-refractivity contribution in [3.63, 3.8) is 0 Å². The zero-order chi connectivity index (χ0) is 14.3. The van der Waals surface area contributed by atoms with Crippen molar-refractivity contribution in [3.05, 3.63) is 27.1 Å². The van der Waals surface area contributed by atoms with Gasteiger partial charge in [-0.1, -0.05) is 0 Å². The number of hydrogen-bond acceptors (Lipinski definition) is 2. The number of carboxylic acid groups (broad SMARTS) is 1. The smallest absolute Gasteiger partial charge is 0.407 e. The number of fused-ring (bicyclic) bond motifs is 1. The van der Waals surface area contributed by atoms with Crippen LogP contribution in [0.25, 0.3) is 11.0 Å². The van der Waals surface area contributed by atoms with Crippen molar-refractivity contribution in [2.45, 2.75) is 25.7 Å². The topological polar surface area (TPSA) is 69.2 Å². The predicted octanol–water partition coefficient (Wildman–Crippen LogP) is 3.33. The first-order chi connectivity index (χ1) is 9.56. The lowest BCUT2D eigenvalue weighted by Crippen LogP contribution is -2.38. The molecule has 3 rings (SSSR count). The highest BCUT2D eigenvalue weighted by molar-refractivity contribution is 14.1. The summed E-state index contributed by atoms with van der Waals surface area (Å²) in [7, 11) is 0. The van der Waals surface area contributed by atoms with E-state index < -0.39 is 6.09 Å². The molecule has 0 radical (unpaired) electrons. The fraction of sp³-hybridized carbons (Fsp3) is 0.429. The summed E-state index contributed by atoms with van der Waals surface area (Å²) in [6, 6.07) is 2.13. The largest absolute Gasteiger partial charge is 0.465 e. The summed E-state index contributed by atoms with van der Waals surface area (Å²) in [5, 5.41) is 10.3. The Morgan fingerprint density at radius 2 is 2.40 bits per heavy atom. The Bertz CT molecular complexity index is 668. The minimum absolute atomic E-state index is 0.254. The number of carbonyl (C=O) groups is 1. The van der Waals surface area contributed by atoms with Gasteiger partial charge in [-0.3, -0.25) is 0 Å². The maximum Gasteiger partial charge on any atom is 0.407 e. The summed E-state index contributed by atoms with van der Waals surface area (Å²) in [5.41, 5.74) is 3.24. The Balaban J connectivity index is 2.02. The van der Waals surface area contributed by atoms with Crippen LogP contribution >= 0.6 is 22.6 Å². The van der Waals surface area contributed by atoms with Gasteiger partial charge >= 0.3 is 6.09 Å². The van der Waals surface area contributed by atoms with Crippen LogP contribution < -0.4 is 0 Å². The van der Waals surface area contributed by atoms with E-state index in [1.165, 1.54) is 10.5 Å². The molecule has 1 aliphatic heterocycles. The number of nitrogens with zero attached hydrogens (tertiary/aromatic N) is 2. The Morgan fingerprint density at radius 3 is 3.15 bits per heavy atom. The molecule has 1 fully saturated rings. The number of piperidine rings is 1. The molecule has 106 valence electrons. The van der Waals surface area contributed by atoms with E-state index in [1.54, 1.807) is 0 Å².